The molecule has 0 amide bonds. The van der Waals surface area contributed by atoms with Crippen LogP contribution < -0.4 is 0 Å². The van der Waals surface area contributed by atoms with Gasteiger partial charge in [-0.2, -0.15) is 0 Å². The van der Waals surface area contributed by atoms with E-state index in [0.717, 1.165) is 32.1 Å². The van der Waals surface area contributed by atoms with Crippen molar-refractivity contribution in [1.82, 2.24) is 8.80 Å². The van der Waals surface area contributed by atoms with Crippen molar-refractivity contribution in [2.75, 3.05) is 0 Å². The van der Waals surface area contributed by atoms with E-state index in [-0.39, 0.29) is 0 Å². The van der Waals surface area contributed by atoms with E-state index < -0.39 is 0 Å². The van der Waals surface area contributed by atoms with Crippen LogP contribution in [-0.2, 0) is 0 Å². The van der Waals surface area contributed by atoms with Crippen LogP contribution in [0.4, 0.5) is 0 Å². The lowest BCUT2D eigenvalue weighted by Gasteiger charge is -2.07. The summed E-state index contributed by atoms with van der Waals surface area (Å²) in [7, 11) is 0. The molecule has 0 aliphatic rings. The lowest BCUT2D eigenvalue weighted by atomic mass is 10.0. The molecule has 3 aromatic heterocycles. The molecule has 0 spiro atoms. The van der Waals surface area contributed by atoms with Gasteiger partial charge in [-0.15, -0.1) is 0 Å². The molecule has 38 heavy (non-hydrogen) atoms. The van der Waals surface area contributed by atoms with E-state index >= 15 is 0 Å². The van der Waals surface area contributed by atoms with Gasteiger partial charge in [0.2, 0.25) is 0 Å². The number of benzene rings is 5. The van der Waals surface area contributed by atoms with Crippen molar-refractivity contribution in [3.8, 4) is 22.3 Å². The number of hydrogen-bond acceptors (Lipinski definition) is 1. The third-order valence-electron chi connectivity index (χ3n) is 7.66. The average molecular weight is 503 g/mol. The van der Waals surface area contributed by atoms with Crippen LogP contribution in [0, 0.1) is 4.64 Å². The first kappa shape index (κ1) is 21.4. The fourth-order valence-corrected chi connectivity index (χ4v) is 6.39. The topological polar surface area (TPSA) is 8.82 Å². The van der Waals surface area contributed by atoms with Gasteiger partial charge in [-0.25, -0.2) is 0 Å². The zero-order valence-corrected chi connectivity index (χ0v) is 21.3. The molecule has 0 unspecified atom stereocenters. The van der Waals surface area contributed by atoms with Gasteiger partial charge in [0.05, 0.1) is 27.6 Å². The molecule has 0 N–H and O–H groups in total. The molecule has 0 bridgehead atoms. The summed E-state index contributed by atoms with van der Waals surface area (Å²) < 4.78 is 5.54. The summed E-state index contributed by atoms with van der Waals surface area (Å²) in [5.74, 6) is 0. The molecule has 178 valence electrons. The predicted octanol–water partition coefficient (Wildman–Crippen LogP) is 9.72. The lowest BCUT2D eigenvalue weighted by Crippen LogP contribution is -1.88. The summed E-state index contributed by atoms with van der Waals surface area (Å²) in [4.78, 5) is 0. The highest BCUT2D eigenvalue weighted by molar-refractivity contribution is 7.71. The van der Waals surface area contributed by atoms with Gasteiger partial charge in [-0.3, -0.25) is 4.40 Å². The molecular formula is C35H22N2S. The molecule has 0 radical (unpaired) electrons. The SMILES string of the molecule is S=c1c2ccccc2n2c(cc3cccc(-c4ccccc4)c32)c2cc3cccc(-c4ccccc4)c3n12. The Labute approximate surface area is 224 Å². The summed E-state index contributed by atoms with van der Waals surface area (Å²) in [5, 5.41) is 3.45. The van der Waals surface area contributed by atoms with E-state index in [1.165, 1.54) is 38.5 Å². The fourth-order valence-electron chi connectivity index (χ4n) is 6.03. The third-order valence-corrected chi connectivity index (χ3v) is 8.06. The number of aromatic nitrogens is 2. The monoisotopic (exact) mass is 502 g/mol. The van der Waals surface area contributed by atoms with Gasteiger partial charge in [-0.1, -0.05) is 121 Å². The Bertz CT molecular complexity index is 2240. The summed E-state index contributed by atoms with van der Waals surface area (Å²) in [5.41, 5.74) is 10.5. The van der Waals surface area contributed by atoms with Gasteiger partial charge in [-0.05, 0) is 35.4 Å². The normalized spacial score (nSPS) is 11.8. The summed E-state index contributed by atoms with van der Waals surface area (Å²) in [6.07, 6.45) is 0. The maximum atomic E-state index is 6.30. The molecule has 3 heterocycles. The largest absolute Gasteiger partial charge is 0.306 e. The summed E-state index contributed by atoms with van der Waals surface area (Å²) in [6, 6.07) is 47.5. The number of para-hydroxylation sites is 3. The molecule has 0 atom stereocenters. The van der Waals surface area contributed by atoms with E-state index in [2.05, 4.69) is 142 Å². The van der Waals surface area contributed by atoms with Crippen molar-refractivity contribution in [2.45, 2.75) is 0 Å². The number of rotatable bonds is 2. The molecule has 0 aliphatic heterocycles. The van der Waals surface area contributed by atoms with E-state index in [0.29, 0.717) is 0 Å². The molecule has 8 aromatic rings. The first-order valence-corrected chi connectivity index (χ1v) is 13.2. The van der Waals surface area contributed by atoms with E-state index in [1.807, 2.05) is 0 Å². The Kier molecular flexibility index (Phi) is 4.58. The molecule has 5 aromatic carbocycles. The van der Waals surface area contributed by atoms with Crippen molar-refractivity contribution in [2.24, 2.45) is 0 Å². The Morgan fingerprint density at radius 1 is 0.421 bits per heavy atom. The molecule has 8 rings (SSSR count). The summed E-state index contributed by atoms with van der Waals surface area (Å²) >= 11 is 6.30. The van der Waals surface area contributed by atoms with Crippen LogP contribution in [0.1, 0.15) is 0 Å². The Morgan fingerprint density at radius 3 is 1.53 bits per heavy atom. The second-order valence-corrected chi connectivity index (χ2v) is 10.2. The van der Waals surface area contributed by atoms with E-state index in [9.17, 15) is 0 Å². The maximum Gasteiger partial charge on any atom is 0.120 e. The predicted molar refractivity (Wildman–Crippen MR) is 163 cm³/mol. The van der Waals surface area contributed by atoms with Gasteiger partial charge in [0.25, 0.3) is 0 Å². The first-order chi connectivity index (χ1) is 18.8. The van der Waals surface area contributed by atoms with Crippen LogP contribution in [0.3, 0.4) is 0 Å². The molecule has 2 nitrogen and oxygen atoms in total. The lowest BCUT2D eigenvalue weighted by molar-refractivity contribution is 1.26. The Hall–Kier alpha value is -4.73. The molecule has 0 saturated carbocycles. The van der Waals surface area contributed by atoms with Crippen LogP contribution >= 0.6 is 12.2 Å². The first-order valence-electron chi connectivity index (χ1n) is 12.8. The van der Waals surface area contributed by atoms with Crippen LogP contribution in [0.5, 0.6) is 0 Å². The molecule has 0 fully saturated rings. The van der Waals surface area contributed by atoms with Crippen molar-refractivity contribution in [1.29, 1.82) is 0 Å². The van der Waals surface area contributed by atoms with Gasteiger partial charge in [0, 0.05) is 27.3 Å². The molecule has 3 heteroatoms. The second-order valence-electron chi connectivity index (χ2n) is 9.77. The molecular weight excluding hydrogens is 480 g/mol. The quantitative estimate of drug-likeness (QED) is 0.214. The highest BCUT2D eigenvalue weighted by Gasteiger charge is 2.17. The van der Waals surface area contributed by atoms with Crippen molar-refractivity contribution in [3.05, 3.63) is 138 Å². The molecule has 0 aliphatic carbocycles. The zero-order chi connectivity index (χ0) is 25.2. The van der Waals surface area contributed by atoms with E-state index in [1.54, 1.807) is 0 Å². The van der Waals surface area contributed by atoms with Crippen LogP contribution in [-0.4, -0.2) is 8.80 Å². The molecule has 0 saturated heterocycles. The smallest absolute Gasteiger partial charge is 0.120 e. The van der Waals surface area contributed by atoms with Gasteiger partial charge >= 0.3 is 0 Å². The fraction of sp³-hybridized carbons (Fsp3) is 0. The van der Waals surface area contributed by atoms with E-state index in [4.69, 9.17) is 12.2 Å². The second kappa shape index (κ2) is 8.14. The van der Waals surface area contributed by atoms with Crippen LogP contribution in [0.15, 0.2) is 133 Å². The third kappa shape index (κ3) is 2.97. The van der Waals surface area contributed by atoms with Gasteiger partial charge in [0.15, 0.2) is 0 Å². The standard InChI is InChI=1S/C35H22N2S/c38-35-29-17-7-8-20-30(29)36-31(21-25-15-9-18-27(33(25)36)23-11-3-1-4-12-23)32-22-26-16-10-19-28(34(26)37(32)35)24-13-5-2-6-14-24/h1-22H. The number of nitrogens with zero attached hydrogens (tertiary/aromatic N) is 2. The van der Waals surface area contributed by atoms with Crippen LogP contribution in [0.2, 0.25) is 0 Å². The Morgan fingerprint density at radius 2 is 0.921 bits per heavy atom. The van der Waals surface area contributed by atoms with Gasteiger partial charge in [0.1, 0.15) is 4.64 Å². The maximum absolute atomic E-state index is 6.30. The highest BCUT2D eigenvalue weighted by atomic mass is 32.1. The zero-order valence-electron chi connectivity index (χ0n) is 20.5. The van der Waals surface area contributed by atoms with Gasteiger partial charge < -0.3 is 4.40 Å². The number of hydrogen-bond donors (Lipinski definition) is 0. The minimum absolute atomic E-state index is 0.822. The minimum atomic E-state index is 0.822. The minimum Gasteiger partial charge on any atom is -0.306 e. The van der Waals surface area contributed by atoms with Crippen molar-refractivity contribution < 1.29 is 0 Å². The van der Waals surface area contributed by atoms with Crippen molar-refractivity contribution in [3.63, 3.8) is 0 Å². The Balaban J connectivity index is 1.67. The van der Waals surface area contributed by atoms with Crippen LogP contribution in [0.25, 0.3) is 66.0 Å². The summed E-state index contributed by atoms with van der Waals surface area (Å²) in [6.45, 7) is 0. The van der Waals surface area contributed by atoms with Crippen molar-refractivity contribution >= 4 is 56.0 Å². The average Bonchev–Trinajstić information content (AvgIpc) is 3.54. The number of fused-ring (bicyclic) bond motifs is 9. The highest BCUT2D eigenvalue weighted by Crippen LogP contribution is 2.38.